The Kier molecular flexibility index (Phi) is 3.61. The summed E-state index contributed by atoms with van der Waals surface area (Å²) in [6, 6.07) is 35.8. The van der Waals surface area contributed by atoms with Crippen LogP contribution in [0, 0.1) is 0 Å². The highest BCUT2D eigenvalue weighted by molar-refractivity contribution is 6.23. The second-order valence-corrected chi connectivity index (χ2v) is 10.4. The molecule has 0 spiro atoms. The molecule has 190 valence electrons. The quantitative estimate of drug-likeness (QED) is 0.204. The molecule has 0 amide bonds. The number of fused-ring (bicyclic) bond motifs is 8. The summed E-state index contributed by atoms with van der Waals surface area (Å²) in [5.41, 5.74) is 4.89. The first-order chi connectivity index (χ1) is 22.8. The van der Waals surface area contributed by atoms with E-state index in [1.165, 1.54) is 10.8 Å². The molecule has 1 heterocycles. The van der Waals surface area contributed by atoms with Gasteiger partial charge < -0.3 is 4.42 Å². The molecule has 8 aromatic carbocycles. The van der Waals surface area contributed by atoms with Gasteiger partial charge in [-0.15, -0.1) is 0 Å². The number of furan rings is 1. The highest BCUT2D eigenvalue weighted by Gasteiger charge is 2.18. The van der Waals surface area contributed by atoms with E-state index in [-0.39, 0.29) is 46.6 Å². The molecule has 0 radical (unpaired) electrons. The third kappa shape index (κ3) is 3.30. The zero-order valence-electron chi connectivity index (χ0n) is 27.8. The Hall–Kier alpha value is -5.40. The second kappa shape index (κ2) is 8.55. The van der Waals surface area contributed by atoms with Gasteiger partial charge in [-0.2, -0.15) is 0 Å². The van der Waals surface area contributed by atoms with Gasteiger partial charge in [0.25, 0.3) is 0 Å². The van der Waals surface area contributed by atoms with Crippen molar-refractivity contribution in [1.29, 1.82) is 0 Å². The third-order valence-electron chi connectivity index (χ3n) is 8.19. The Morgan fingerprint density at radius 3 is 1.76 bits per heavy atom. The van der Waals surface area contributed by atoms with Crippen LogP contribution in [0.3, 0.4) is 0 Å². The molecule has 0 aliphatic carbocycles. The normalized spacial score (nSPS) is 14.0. The van der Waals surface area contributed by atoms with E-state index >= 15 is 0 Å². The lowest BCUT2D eigenvalue weighted by Crippen LogP contribution is -1.91. The maximum atomic E-state index is 8.75. The van der Waals surface area contributed by atoms with Crippen molar-refractivity contribution in [3.05, 3.63) is 145 Å². The monoisotopic (exact) mass is 526 g/mol. The molecule has 0 bridgehead atoms. The van der Waals surface area contributed by atoms with Crippen LogP contribution >= 0.6 is 0 Å². The van der Waals surface area contributed by atoms with Crippen LogP contribution in [-0.2, 0) is 0 Å². The first kappa shape index (κ1) is 17.3. The van der Waals surface area contributed by atoms with Gasteiger partial charge in [0.05, 0.1) is 8.22 Å². The second-order valence-electron chi connectivity index (χ2n) is 10.4. The Balaban J connectivity index is 1.36. The van der Waals surface area contributed by atoms with E-state index in [0.29, 0.717) is 16.4 Å². The maximum Gasteiger partial charge on any atom is 0.136 e. The molecule has 0 saturated heterocycles. The van der Waals surface area contributed by atoms with Crippen LogP contribution in [0.25, 0.3) is 87.3 Å². The lowest BCUT2D eigenvalue weighted by atomic mass is 9.85. The van der Waals surface area contributed by atoms with Crippen molar-refractivity contribution < 1.29 is 12.6 Å². The Morgan fingerprint density at radius 1 is 0.415 bits per heavy atom. The average molecular weight is 527 g/mol. The molecule has 0 atom stereocenters. The van der Waals surface area contributed by atoms with Gasteiger partial charge in [0, 0.05) is 10.8 Å². The molecule has 0 saturated carbocycles. The highest BCUT2D eigenvalue weighted by Crippen LogP contribution is 2.45. The summed E-state index contributed by atoms with van der Waals surface area (Å²) in [4.78, 5) is 0. The lowest BCUT2D eigenvalue weighted by Gasteiger charge is -2.18. The fourth-order valence-corrected chi connectivity index (χ4v) is 6.40. The van der Waals surface area contributed by atoms with E-state index in [2.05, 4.69) is 78.9 Å². The Labute approximate surface area is 245 Å². The van der Waals surface area contributed by atoms with Crippen molar-refractivity contribution >= 4 is 65.0 Å². The Bertz CT molecular complexity index is 2760. The van der Waals surface area contributed by atoms with Crippen LogP contribution in [0.15, 0.2) is 150 Å². The summed E-state index contributed by atoms with van der Waals surface area (Å²) >= 11 is 0. The molecule has 9 rings (SSSR count). The van der Waals surface area contributed by atoms with Crippen LogP contribution in [-0.4, -0.2) is 0 Å². The van der Waals surface area contributed by atoms with Crippen molar-refractivity contribution in [3.63, 3.8) is 0 Å². The SMILES string of the molecule is [2H]c1c([2H])c([2H])c2c(c1[2H])c([2H])c([2H])c1oc3cc(-c4c5ccccc5c(-c5ccc6ccccc6c5)c5ccccc45)ccc3c12. The largest absolute Gasteiger partial charge is 0.456 e. The van der Waals surface area contributed by atoms with Crippen molar-refractivity contribution in [2.45, 2.75) is 0 Å². The van der Waals surface area contributed by atoms with Crippen LogP contribution in [0.5, 0.6) is 0 Å². The summed E-state index contributed by atoms with van der Waals surface area (Å²) in [5, 5.41) is 8.07. The van der Waals surface area contributed by atoms with Gasteiger partial charge in [-0.25, -0.2) is 0 Å². The van der Waals surface area contributed by atoms with Gasteiger partial charge in [0.2, 0.25) is 0 Å². The van der Waals surface area contributed by atoms with Crippen molar-refractivity contribution in [2.75, 3.05) is 0 Å². The minimum atomic E-state index is -0.421. The minimum Gasteiger partial charge on any atom is -0.456 e. The summed E-state index contributed by atoms with van der Waals surface area (Å²) in [7, 11) is 0. The molecule has 0 N–H and O–H groups in total. The van der Waals surface area contributed by atoms with E-state index in [0.717, 1.165) is 43.8 Å². The lowest BCUT2D eigenvalue weighted by molar-refractivity contribution is 0.669. The first-order valence-electron chi connectivity index (χ1n) is 16.6. The molecule has 0 aliphatic rings. The summed E-state index contributed by atoms with van der Waals surface area (Å²) < 4.78 is 57.4. The van der Waals surface area contributed by atoms with Gasteiger partial charge in [-0.05, 0) is 89.6 Å². The van der Waals surface area contributed by atoms with Gasteiger partial charge in [-0.1, -0.05) is 121 Å². The molecule has 1 nitrogen and oxygen atoms in total. The van der Waals surface area contributed by atoms with Gasteiger partial charge in [0.1, 0.15) is 11.2 Å². The first-order valence-corrected chi connectivity index (χ1v) is 13.6. The number of hydrogen-bond donors (Lipinski definition) is 0. The van der Waals surface area contributed by atoms with E-state index in [9.17, 15) is 0 Å². The molecule has 0 unspecified atom stereocenters. The van der Waals surface area contributed by atoms with Crippen molar-refractivity contribution in [2.24, 2.45) is 0 Å². The average Bonchev–Trinajstić information content (AvgIpc) is 3.48. The molecule has 1 aromatic heterocycles. The van der Waals surface area contributed by atoms with Crippen molar-refractivity contribution in [1.82, 2.24) is 0 Å². The van der Waals surface area contributed by atoms with E-state index < -0.39 is 6.04 Å². The standard InChI is InChI=1S/C40H24O/c1-2-11-27-23-28(18-17-25(27)9-1)38-31-13-5-7-15-33(31)39(34-16-8-6-14-32(34)38)29-19-21-35-37(24-29)41-36-22-20-26-10-3-4-12-30(26)40(35)36/h1-24H/i3D,4D,10D,12D,20D,22D. The van der Waals surface area contributed by atoms with Crippen LogP contribution in [0.4, 0.5) is 0 Å². The van der Waals surface area contributed by atoms with E-state index in [1.807, 2.05) is 30.3 Å². The zero-order valence-corrected chi connectivity index (χ0v) is 21.8. The van der Waals surface area contributed by atoms with Crippen LogP contribution in [0.1, 0.15) is 8.22 Å². The van der Waals surface area contributed by atoms with E-state index in [1.54, 1.807) is 0 Å². The molecule has 0 aliphatic heterocycles. The topological polar surface area (TPSA) is 13.1 Å². The van der Waals surface area contributed by atoms with Crippen molar-refractivity contribution in [3.8, 4) is 22.3 Å². The highest BCUT2D eigenvalue weighted by atomic mass is 16.3. The number of rotatable bonds is 2. The molecule has 1 heteroatoms. The molecule has 0 fully saturated rings. The third-order valence-corrected chi connectivity index (χ3v) is 8.19. The minimum absolute atomic E-state index is 0.0292. The van der Waals surface area contributed by atoms with Crippen LogP contribution < -0.4 is 0 Å². The summed E-state index contributed by atoms with van der Waals surface area (Å²) in [6.45, 7) is 0. The van der Waals surface area contributed by atoms with Gasteiger partial charge in [0.15, 0.2) is 0 Å². The molecular weight excluding hydrogens is 496 g/mol. The molecule has 9 aromatic rings. The predicted octanol–water partition coefficient (Wildman–Crippen LogP) is 11.5. The summed E-state index contributed by atoms with van der Waals surface area (Å²) in [6.07, 6.45) is 0. The molecular formula is C40H24O. The fraction of sp³-hybridized carbons (Fsp3) is 0. The number of hydrogen-bond acceptors (Lipinski definition) is 1. The van der Waals surface area contributed by atoms with Crippen LogP contribution in [0.2, 0.25) is 0 Å². The smallest absolute Gasteiger partial charge is 0.136 e. The maximum absolute atomic E-state index is 8.75. The summed E-state index contributed by atoms with van der Waals surface area (Å²) in [5.74, 6) is 0. The zero-order chi connectivity index (χ0) is 32.1. The van der Waals surface area contributed by atoms with Gasteiger partial charge >= 0.3 is 0 Å². The number of benzene rings is 8. The molecule has 41 heavy (non-hydrogen) atoms. The van der Waals surface area contributed by atoms with E-state index in [4.69, 9.17) is 12.6 Å². The predicted molar refractivity (Wildman–Crippen MR) is 175 cm³/mol. The fourth-order valence-electron chi connectivity index (χ4n) is 6.40. The Morgan fingerprint density at radius 2 is 1.02 bits per heavy atom. The van der Waals surface area contributed by atoms with Gasteiger partial charge in [-0.3, -0.25) is 0 Å².